The number of carbonyl (C=O) groups excluding carboxylic acids is 1. The van der Waals surface area contributed by atoms with Gasteiger partial charge in [-0.1, -0.05) is 30.8 Å². The number of anilines is 1. The number of hydrogen-bond acceptors (Lipinski definition) is 7. The van der Waals surface area contributed by atoms with Crippen molar-refractivity contribution in [2.24, 2.45) is 5.92 Å². The highest BCUT2D eigenvalue weighted by Gasteiger charge is 2.47. The van der Waals surface area contributed by atoms with E-state index in [0.717, 1.165) is 57.2 Å². The van der Waals surface area contributed by atoms with Crippen molar-refractivity contribution >= 4 is 22.6 Å². The quantitative estimate of drug-likeness (QED) is 0.326. The lowest BCUT2D eigenvalue weighted by Crippen LogP contribution is -2.55. The number of nitrogens with zero attached hydrogens (tertiary/aromatic N) is 6. The second-order valence-corrected chi connectivity index (χ2v) is 13.4. The van der Waals surface area contributed by atoms with E-state index < -0.39 is 23.6 Å². The molecule has 2 aromatic carbocycles. The summed E-state index contributed by atoms with van der Waals surface area (Å²) in [4.78, 5) is 27.9. The van der Waals surface area contributed by atoms with Gasteiger partial charge in [-0.15, -0.1) is 0 Å². The first-order valence-electron chi connectivity index (χ1n) is 16.1. The molecule has 5 aliphatic rings. The number of nitriles is 1. The molecule has 0 bridgehead atoms. The Morgan fingerprint density at radius 3 is 2.71 bits per heavy atom. The summed E-state index contributed by atoms with van der Waals surface area (Å²) in [6.07, 6.45) is 6.60. The molecule has 0 unspecified atom stereocenters. The molecule has 2 aliphatic carbocycles. The predicted octanol–water partition coefficient (Wildman–Crippen LogP) is 5.52. The molecule has 0 N–H and O–H groups in total. The number of carbonyl (C=O) groups is 1. The van der Waals surface area contributed by atoms with Crippen molar-refractivity contribution in [3.63, 3.8) is 0 Å². The predicted molar refractivity (Wildman–Crippen MR) is 166 cm³/mol. The molecule has 8 nitrogen and oxygen atoms in total. The maximum absolute atomic E-state index is 16.8. The molecule has 8 rings (SSSR count). The maximum Gasteiger partial charge on any atom is 0.319 e. The van der Waals surface area contributed by atoms with Crippen LogP contribution in [0.3, 0.4) is 0 Å². The number of rotatable bonds is 7. The summed E-state index contributed by atoms with van der Waals surface area (Å²) in [5.74, 6) is -0.611. The summed E-state index contributed by atoms with van der Waals surface area (Å²) >= 11 is 0. The molecule has 1 saturated carbocycles. The third kappa shape index (κ3) is 4.66. The van der Waals surface area contributed by atoms with Crippen LogP contribution in [0, 0.1) is 23.1 Å². The molecule has 0 spiro atoms. The summed E-state index contributed by atoms with van der Waals surface area (Å²) in [7, 11) is 0. The number of amides is 1. The Bertz CT molecular complexity index is 1760. The molecule has 232 valence electrons. The molecular weight excluding hydrogens is 574 g/mol. The van der Waals surface area contributed by atoms with Gasteiger partial charge >= 0.3 is 6.01 Å². The van der Waals surface area contributed by atoms with Gasteiger partial charge in [0.15, 0.2) is 11.6 Å². The average molecular weight is 611 g/mol. The van der Waals surface area contributed by atoms with Crippen molar-refractivity contribution in [1.82, 2.24) is 19.8 Å². The second-order valence-electron chi connectivity index (χ2n) is 13.4. The van der Waals surface area contributed by atoms with Crippen LogP contribution < -0.4 is 9.64 Å². The van der Waals surface area contributed by atoms with Crippen LogP contribution in [-0.2, 0) is 11.2 Å². The van der Waals surface area contributed by atoms with E-state index >= 15 is 4.39 Å². The van der Waals surface area contributed by atoms with Crippen LogP contribution >= 0.6 is 0 Å². The van der Waals surface area contributed by atoms with Crippen molar-refractivity contribution in [2.75, 3.05) is 44.2 Å². The lowest BCUT2D eigenvalue weighted by molar-refractivity contribution is -0.131. The fourth-order valence-electron chi connectivity index (χ4n) is 8.62. The zero-order valence-electron chi connectivity index (χ0n) is 25.3. The molecule has 3 atom stereocenters. The first-order chi connectivity index (χ1) is 21.9. The van der Waals surface area contributed by atoms with Gasteiger partial charge in [0.05, 0.1) is 24.1 Å². The third-order valence-corrected chi connectivity index (χ3v) is 10.9. The van der Waals surface area contributed by atoms with Gasteiger partial charge in [-0.25, -0.2) is 8.78 Å². The van der Waals surface area contributed by atoms with E-state index in [1.54, 1.807) is 0 Å². The highest BCUT2D eigenvalue weighted by atomic mass is 19.1. The molecule has 3 saturated heterocycles. The van der Waals surface area contributed by atoms with E-state index in [1.165, 1.54) is 16.0 Å². The normalized spacial score (nSPS) is 24.7. The fraction of sp³-hybridized carbons (Fsp3) is 0.486. The lowest BCUT2D eigenvalue weighted by atomic mass is 9.93. The van der Waals surface area contributed by atoms with Gasteiger partial charge in [0.1, 0.15) is 17.9 Å². The van der Waals surface area contributed by atoms with Crippen LogP contribution in [0.25, 0.3) is 22.0 Å². The van der Waals surface area contributed by atoms with E-state index in [4.69, 9.17) is 14.7 Å². The Morgan fingerprint density at radius 2 is 1.93 bits per heavy atom. The Kier molecular flexibility index (Phi) is 6.79. The van der Waals surface area contributed by atoms with Crippen molar-refractivity contribution in [1.29, 1.82) is 5.26 Å². The van der Waals surface area contributed by atoms with E-state index in [9.17, 15) is 14.4 Å². The minimum atomic E-state index is -1.05. The molecule has 1 amide bonds. The Balaban J connectivity index is 1.20. The first-order valence-corrected chi connectivity index (χ1v) is 16.1. The Morgan fingerprint density at radius 1 is 1.11 bits per heavy atom. The van der Waals surface area contributed by atoms with Gasteiger partial charge in [0, 0.05) is 30.6 Å². The van der Waals surface area contributed by atoms with Crippen LogP contribution in [0.2, 0.25) is 0 Å². The summed E-state index contributed by atoms with van der Waals surface area (Å²) in [6.45, 7) is 6.45. The van der Waals surface area contributed by atoms with Crippen LogP contribution in [0.1, 0.15) is 55.6 Å². The van der Waals surface area contributed by atoms with Gasteiger partial charge in [0.2, 0.25) is 0 Å². The van der Waals surface area contributed by atoms with Crippen LogP contribution in [0.4, 0.5) is 14.6 Å². The molecule has 4 heterocycles. The SMILES string of the molecule is C=C(F)C(=O)N1CCN(c2nc(OCC34CCCN3CCC4)nc3c(F)c(-c4cccc5c4[C@H]4C[C@H]4C5)ccc23)C[C@@H]1CC#N. The highest BCUT2D eigenvalue weighted by molar-refractivity contribution is 5.95. The fourth-order valence-corrected chi connectivity index (χ4v) is 8.62. The summed E-state index contributed by atoms with van der Waals surface area (Å²) < 4.78 is 37.0. The number of halogens is 2. The zero-order chi connectivity index (χ0) is 30.9. The number of fused-ring (bicyclic) bond motifs is 5. The van der Waals surface area contributed by atoms with E-state index in [0.29, 0.717) is 41.8 Å². The zero-order valence-corrected chi connectivity index (χ0v) is 25.3. The molecule has 3 aliphatic heterocycles. The van der Waals surface area contributed by atoms with E-state index in [-0.39, 0.29) is 36.6 Å². The largest absolute Gasteiger partial charge is 0.461 e. The number of aromatic nitrogens is 2. The first kappa shape index (κ1) is 28.4. The van der Waals surface area contributed by atoms with Gasteiger partial charge in [-0.05, 0) is 86.2 Å². The van der Waals surface area contributed by atoms with Crippen molar-refractivity contribution < 1.29 is 18.3 Å². The summed E-state index contributed by atoms with van der Waals surface area (Å²) in [6, 6.07) is 11.5. The minimum absolute atomic E-state index is 0.0139. The van der Waals surface area contributed by atoms with E-state index in [1.807, 2.05) is 29.2 Å². The molecule has 45 heavy (non-hydrogen) atoms. The number of hydrogen-bond donors (Lipinski definition) is 0. The molecule has 10 heteroatoms. The topological polar surface area (TPSA) is 85.6 Å². The summed E-state index contributed by atoms with van der Waals surface area (Å²) in [5, 5.41) is 10.1. The number of ether oxygens (including phenoxy) is 1. The third-order valence-electron chi connectivity index (χ3n) is 10.9. The standard InChI is InChI=1S/C35H36F2N6O2/c1-21(36)33(44)43-16-15-41(19-24(43)9-12-38)32-27-8-7-26(25-6-2-5-22-17-23-18-28(23)29(22)25)30(37)31(27)39-34(40-32)45-20-35-10-3-13-42(35)14-4-11-35/h2,5-8,23-24,28H,1,3-4,9-11,13-20H2/t23-,24+,28+/m1/s1. The molecule has 4 fully saturated rings. The van der Waals surface area contributed by atoms with Crippen LogP contribution in [-0.4, -0.2) is 76.6 Å². The van der Waals surface area contributed by atoms with Gasteiger partial charge in [0.25, 0.3) is 5.91 Å². The maximum atomic E-state index is 16.8. The number of piperazine rings is 1. The van der Waals surface area contributed by atoms with Gasteiger partial charge in [-0.2, -0.15) is 15.2 Å². The van der Waals surface area contributed by atoms with Crippen LogP contribution in [0.15, 0.2) is 42.7 Å². The Hall–Kier alpha value is -4.10. The smallest absolute Gasteiger partial charge is 0.319 e. The second kappa shape index (κ2) is 10.8. The molecular formula is C35H36F2N6O2. The Labute approximate surface area is 261 Å². The number of benzene rings is 2. The summed E-state index contributed by atoms with van der Waals surface area (Å²) in [5.41, 5.74) is 4.18. The van der Waals surface area contributed by atoms with Crippen LogP contribution in [0.5, 0.6) is 6.01 Å². The monoisotopic (exact) mass is 610 g/mol. The average Bonchev–Trinajstić information content (AvgIpc) is 3.32. The van der Waals surface area contributed by atoms with E-state index in [2.05, 4.69) is 23.6 Å². The van der Waals surface area contributed by atoms with Crippen molar-refractivity contribution in [3.8, 4) is 23.2 Å². The van der Waals surface area contributed by atoms with Gasteiger partial charge < -0.3 is 14.5 Å². The lowest BCUT2D eigenvalue weighted by Gasteiger charge is -2.41. The van der Waals surface area contributed by atoms with Gasteiger partial charge in [-0.3, -0.25) is 9.69 Å². The highest BCUT2D eigenvalue weighted by Crippen LogP contribution is 2.59. The van der Waals surface area contributed by atoms with Crippen molar-refractivity contribution in [3.05, 3.63) is 59.7 Å². The molecule has 0 radical (unpaired) electrons. The van der Waals surface area contributed by atoms with Crippen molar-refractivity contribution in [2.45, 2.75) is 62.4 Å². The molecule has 1 aromatic heterocycles. The minimum Gasteiger partial charge on any atom is -0.461 e. The molecule has 3 aromatic rings.